The van der Waals surface area contributed by atoms with Gasteiger partial charge in [-0.15, -0.1) is 11.6 Å². The smallest absolute Gasteiger partial charge is 0.310 e. The number of alkyl halides is 4. The first-order chi connectivity index (χ1) is 7.87. The number of hydrogen-bond donors (Lipinski definition) is 1. The predicted octanol–water partition coefficient (Wildman–Crippen LogP) is 4.11. The van der Waals surface area contributed by atoms with Gasteiger partial charge in [-0.2, -0.15) is 13.2 Å². The highest BCUT2D eigenvalue weighted by molar-refractivity contribution is 6.18. The van der Waals surface area contributed by atoms with Crippen LogP contribution >= 0.6 is 11.6 Å². The quantitative estimate of drug-likeness (QED) is 0.586. The highest BCUT2D eigenvalue weighted by Gasteiger charge is 2.34. The van der Waals surface area contributed by atoms with E-state index in [4.69, 9.17) is 11.6 Å². The van der Waals surface area contributed by atoms with Gasteiger partial charge in [0.1, 0.15) is 0 Å². The summed E-state index contributed by atoms with van der Waals surface area (Å²) in [6.45, 7) is 2.58. The van der Waals surface area contributed by atoms with Crippen molar-refractivity contribution in [3.8, 4) is 0 Å². The lowest BCUT2D eigenvalue weighted by Crippen LogP contribution is -2.50. The fourth-order valence-electron chi connectivity index (χ4n) is 2.63. The van der Waals surface area contributed by atoms with E-state index >= 15 is 0 Å². The molecule has 0 spiro atoms. The fraction of sp³-hybridized carbons (Fsp3) is 1.00. The van der Waals surface area contributed by atoms with Crippen molar-refractivity contribution in [2.75, 3.05) is 12.4 Å². The molecule has 1 N–H and O–H groups in total. The Morgan fingerprint density at radius 2 is 2.12 bits per heavy atom. The monoisotopic (exact) mass is 271 g/mol. The van der Waals surface area contributed by atoms with Gasteiger partial charge in [-0.25, -0.2) is 0 Å². The maximum absolute atomic E-state index is 12.0. The van der Waals surface area contributed by atoms with E-state index in [1.165, 1.54) is 6.42 Å². The molecule has 0 bridgehead atoms. The summed E-state index contributed by atoms with van der Waals surface area (Å²) >= 11 is 5.99. The SMILES string of the molecule is CC1CCCC(CCl)(NCCCC(F)(F)F)C1. The normalized spacial score (nSPS) is 30.5. The summed E-state index contributed by atoms with van der Waals surface area (Å²) in [7, 11) is 0. The first-order valence-corrected chi connectivity index (χ1v) is 6.78. The Kier molecular flexibility index (Phi) is 5.58. The van der Waals surface area contributed by atoms with Crippen LogP contribution in [0.4, 0.5) is 13.2 Å². The molecule has 1 aliphatic carbocycles. The molecule has 2 atom stereocenters. The van der Waals surface area contributed by atoms with Crippen LogP contribution < -0.4 is 5.32 Å². The zero-order valence-electron chi connectivity index (χ0n) is 10.2. The minimum Gasteiger partial charge on any atom is -0.310 e. The highest BCUT2D eigenvalue weighted by atomic mass is 35.5. The Morgan fingerprint density at radius 1 is 1.41 bits per heavy atom. The van der Waals surface area contributed by atoms with E-state index in [2.05, 4.69) is 12.2 Å². The average molecular weight is 272 g/mol. The van der Waals surface area contributed by atoms with Gasteiger partial charge in [0.25, 0.3) is 0 Å². The van der Waals surface area contributed by atoms with Crippen LogP contribution in [-0.4, -0.2) is 24.1 Å². The van der Waals surface area contributed by atoms with Crippen molar-refractivity contribution in [1.82, 2.24) is 5.32 Å². The van der Waals surface area contributed by atoms with Gasteiger partial charge in [-0.05, 0) is 31.7 Å². The van der Waals surface area contributed by atoms with Gasteiger partial charge < -0.3 is 5.32 Å². The summed E-state index contributed by atoms with van der Waals surface area (Å²) in [4.78, 5) is 0. The zero-order valence-corrected chi connectivity index (χ0v) is 11.0. The Bertz CT molecular complexity index is 232. The lowest BCUT2D eigenvalue weighted by molar-refractivity contribution is -0.135. The Morgan fingerprint density at radius 3 is 2.65 bits per heavy atom. The molecule has 0 saturated heterocycles. The summed E-state index contributed by atoms with van der Waals surface area (Å²) in [5, 5.41) is 3.26. The molecule has 1 saturated carbocycles. The first-order valence-electron chi connectivity index (χ1n) is 6.25. The van der Waals surface area contributed by atoms with Gasteiger partial charge in [-0.3, -0.25) is 0 Å². The van der Waals surface area contributed by atoms with Crippen LogP contribution in [0.2, 0.25) is 0 Å². The zero-order chi connectivity index (χ0) is 12.9. The largest absolute Gasteiger partial charge is 0.389 e. The van der Waals surface area contributed by atoms with Crippen molar-refractivity contribution in [1.29, 1.82) is 0 Å². The molecule has 0 amide bonds. The van der Waals surface area contributed by atoms with Gasteiger partial charge >= 0.3 is 6.18 Å². The molecule has 0 heterocycles. The fourth-order valence-corrected chi connectivity index (χ4v) is 2.97. The molecule has 1 rings (SSSR count). The second kappa shape index (κ2) is 6.28. The minimum atomic E-state index is -4.05. The molecule has 0 aliphatic heterocycles. The second-order valence-electron chi connectivity index (χ2n) is 5.26. The molecular formula is C12H21ClF3N. The van der Waals surface area contributed by atoms with Crippen LogP contribution in [0.25, 0.3) is 0 Å². The molecular weight excluding hydrogens is 251 g/mol. The Hall–Kier alpha value is 0.0400. The maximum atomic E-state index is 12.0. The molecule has 0 aromatic heterocycles. The van der Waals surface area contributed by atoms with Gasteiger partial charge in [0, 0.05) is 17.8 Å². The summed E-state index contributed by atoms with van der Waals surface area (Å²) in [6.07, 6.45) is -0.363. The third kappa shape index (κ3) is 5.47. The lowest BCUT2D eigenvalue weighted by atomic mass is 9.77. The summed E-state index contributed by atoms with van der Waals surface area (Å²) in [5.41, 5.74) is -0.134. The molecule has 1 aliphatic rings. The Labute approximate surface area is 106 Å². The third-order valence-corrected chi connectivity index (χ3v) is 4.00. The number of hydrogen-bond acceptors (Lipinski definition) is 1. The third-order valence-electron chi connectivity index (χ3n) is 3.48. The van der Waals surface area contributed by atoms with Gasteiger partial charge in [0.05, 0.1) is 0 Å². The second-order valence-corrected chi connectivity index (χ2v) is 5.53. The van der Waals surface area contributed by atoms with E-state index in [0.29, 0.717) is 18.3 Å². The summed E-state index contributed by atoms with van der Waals surface area (Å²) in [6, 6.07) is 0. The van der Waals surface area contributed by atoms with Crippen molar-refractivity contribution >= 4 is 11.6 Å². The molecule has 2 unspecified atom stereocenters. The van der Waals surface area contributed by atoms with Crippen LogP contribution in [0.1, 0.15) is 45.4 Å². The van der Waals surface area contributed by atoms with Crippen molar-refractivity contribution in [3.05, 3.63) is 0 Å². The van der Waals surface area contributed by atoms with Crippen LogP contribution in [0.3, 0.4) is 0 Å². The van der Waals surface area contributed by atoms with Crippen molar-refractivity contribution in [3.63, 3.8) is 0 Å². The van der Waals surface area contributed by atoms with Crippen LogP contribution in [0.15, 0.2) is 0 Å². The summed E-state index contributed by atoms with van der Waals surface area (Å²) < 4.78 is 36.0. The van der Waals surface area contributed by atoms with Crippen LogP contribution in [-0.2, 0) is 0 Å². The van der Waals surface area contributed by atoms with E-state index in [1.807, 2.05) is 0 Å². The first kappa shape index (κ1) is 15.1. The molecule has 1 fully saturated rings. The van der Waals surface area contributed by atoms with Gasteiger partial charge in [-0.1, -0.05) is 19.8 Å². The van der Waals surface area contributed by atoms with E-state index in [9.17, 15) is 13.2 Å². The standard InChI is InChI=1S/C12H21ClF3N/c1-10-4-2-5-11(8-10,9-13)17-7-3-6-12(14,15)16/h10,17H,2-9H2,1H3. The Balaban J connectivity index is 2.31. The highest BCUT2D eigenvalue weighted by Crippen LogP contribution is 2.33. The molecule has 0 aromatic rings. The number of halogens is 4. The van der Waals surface area contributed by atoms with Crippen molar-refractivity contribution in [2.45, 2.75) is 57.2 Å². The molecule has 0 radical (unpaired) electrons. The molecule has 1 nitrogen and oxygen atoms in total. The molecule has 17 heavy (non-hydrogen) atoms. The van der Waals surface area contributed by atoms with E-state index in [-0.39, 0.29) is 12.0 Å². The lowest BCUT2D eigenvalue weighted by Gasteiger charge is -2.39. The van der Waals surface area contributed by atoms with E-state index in [1.54, 1.807) is 0 Å². The average Bonchev–Trinajstić information content (AvgIpc) is 2.23. The molecule has 5 heteroatoms. The number of nitrogens with one attached hydrogen (secondary N) is 1. The molecule has 0 aromatic carbocycles. The van der Waals surface area contributed by atoms with Crippen molar-refractivity contribution < 1.29 is 13.2 Å². The molecule has 102 valence electrons. The van der Waals surface area contributed by atoms with Gasteiger partial charge in [0.15, 0.2) is 0 Å². The van der Waals surface area contributed by atoms with E-state index in [0.717, 1.165) is 19.3 Å². The van der Waals surface area contributed by atoms with Crippen molar-refractivity contribution in [2.24, 2.45) is 5.92 Å². The van der Waals surface area contributed by atoms with E-state index < -0.39 is 12.6 Å². The van der Waals surface area contributed by atoms with Crippen LogP contribution in [0.5, 0.6) is 0 Å². The minimum absolute atomic E-state index is 0.134. The van der Waals surface area contributed by atoms with Crippen LogP contribution in [0, 0.1) is 5.92 Å². The maximum Gasteiger partial charge on any atom is 0.389 e. The summed E-state index contributed by atoms with van der Waals surface area (Å²) in [5.74, 6) is 1.10. The van der Waals surface area contributed by atoms with Gasteiger partial charge in [0.2, 0.25) is 0 Å². The topological polar surface area (TPSA) is 12.0 Å². The predicted molar refractivity (Wildman–Crippen MR) is 64.4 cm³/mol. The number of rotatable bonds is 5.